The Labute approximate surface area is 140 Å². The molecule has 1 aliphatic rings. The topological polar surface area (TPSA) is 41.9 Å². The predicted molar refractivity (Wildman–Crippen MR) is 91.0 cm³/mol. The van der Waals surface area contributed by atoms with Crippen LogP contribution in [0.5, 0.6) is 5.75 Å². The summed E-state index contributed by atoms with van der Waals surface area (Å²) in [6.45, 7) is 0.608. The minimum atomic E-state index is -0.00723. The lowest BCUT2D eigenvalue weighted by Crippen LogP contribution is -2.25. The summed E-state index contributed by atoms with van der Waals surface area (Å²) >= 11 is 6.01. The molecule has 0 spiro atoms. The van der Waals surface area contributed by atoms with Gasteiger partial charge in [0.25, 0.3) is 0 Å². The number of ether oxygens (including phenoxy) is 1. The van der Waals surface area contributed by atoms with Crippen LogP contribution in [0.2, 0.25) is 5.02 Å². The van der Waals surface area contributed by atoms with E-state index in [0.29, 0.717) is 18.0 Å². The maximum atomic E-state index is 12.4. The normalized spacial score (nSPS) is 13.8. The third kappa shape index (κ3) is 3.71. The highest BCUT2D eigenvalue weighted by molar-refractivity contribution is 6.31. The van der Waals surface area contributed by atoms with Crippen LogP contribution in [0.4, 0.5) is 0 Å². The van der Waals surface area contributed by atoms with E-state index in [2.05, 4.69) is 5.10 Å². The number of nitrogens with zero attached hydrogens (tertiary/aromatic N) is 2. The highest BCUT2D eigenvalue weighted by Gasteiger charge is 2.21. The Morgan fingerprint density at radius 3 is 2.74 bits per heavy atom. The van der Waals surface area contributed by atoms with Gasteiger partial charge in [0.05, 0.1) is 25.8 Å². The molecule has 0 N–H and O–H groups in total. The number of hydrogen-bond acceptors (Lipinski definition) is 3. The zero-order chi connectivity index (χ0) is 16.2. The summed E-state index contributed by atoms with van der Waals surface area (Å²) in [4.78, 5) is 12.4. The second-order valence-corrected chi connectivity index (χ2v) is 5.79. The van der Waals surface area contributed by atoms with Crippen molar-refractivity contribution in [1.29, 1.82) is 0 Å². The lowest BCUT2D eigenvalue weighted by Gasteiger charge is -2.11. The van der Waals surface area contributed by atoms with Gasteiger partial charge in [-0.3, -0.25) is 4.79 Å². The lowest BCUT2D eigenvalue weighted by molar-refractivity contribution is -0.130. The minimum absolute atomic E-state index is 0.00723. The molecule has 0 aliphatic carbocycles. The van der Waals surface area contributed by atoms with Crippen molar-refractivity contribution >= 4 is 23.2 Å². The average molecular weight is 329 g/mol. The smallest absolute Gasteiger partial charge is 0.247 e. The highest BCUT2D eigenvalue weighted by Crippen LogP contribution is 2.19. The van der Waals surface area contributed by atoms with Crippen molar-refractivity contribution in [3.05, 3.63) is 64.7 Å². The van der Waals surface area contributed by atoms with E-state index in [1.165, 1.54) is 0 Å². The Morgan fingerprint density at radius 1 is 1.26 bits per heavy atom. The van der Waals surface area contributed by atoms with Crippen molar-refractivity contribution in [1.82, 2.24) is 5.01 Å². The number of carbonyl (C=O) groups excluding carboxylic acids is 1. The molecule has 0 fully saturated rings. The average Bonchev–Trinajstić information content (AvgIpc) is 3.06. The van der Waals surface area contributed by atoms with Gasteiger partial charge in [0.1, 0.15) is 5.75 Å². The molecule has 0 aromatic heterocycles. The fourth-order valence-corrected chi connectivity index (χ4v) is 2.71. The van der Waals surface area contributed by atoms with Crippen molar-refractivity contribution in [3.63, 3.8) is 0 Å². The number of amides is 1. The number of hydrazone groups is 1. The molecular weight excluding hydrogens is 312 g/mol. The molecule has 0 unspecified atom stereocenters. The monoisotopic (exact) mass is 328 g/mol. The molecule has 0 radical (unpaired) electrons. The van der Waals surface area contributed by atoms with Gasteiger partial charge < -0.3 is 4.74 Å². The molecule has 1 heterocycles. The van der Waals surface area contributed by atoms with Crippen LogP contribution in [0.25, 0.3) is 0 Å². The number of benzene rings is 2. The summed E-state index contributed by atoms with van der Waals surface area (Å²) < 4.78 is 5.12. The third-order valence-electron chi connectivity index (χ3n) is 3.76. The number of carbonyl (C=O) groups is 1. The van der Waals surface area contributed by atoms with Crippen LogP contribution in [0.1, 0.15) is 17.5 Å². The van der Waals surface area contributed by atoms with Gasteiger partial charge in [0, 0.05) is 11.4 Å². The highest BCUT2D eigenvalue weighted by atomic mass is 35.5. The molecule has 23 heavy (non-hydrogen) atoms. The van der Waals surface area contributed by atoms with Crippen LogP contribution in [0.15, 0.2) is 53.6 Å². The van der Waals surface area contributed by atoms with E-state index in [9.17, 15) is 4.79 Å². The second-order valence-electron chi connectivity index (χ2n) is 5.35. The van der Waals surface area contributed by atoms with Crippen molar-refractivity contribution in [2.75, 3.05) is 13.7 Å². The summed E-state index contributed by atoms with van der Waals surface area (Å²) in [5, 5.41) is 6.66. The van der Waals surface area contributed by atoms with Crippen LogP contribution < -0.4 is 4.74 Å². The molecule has 2 aromatic rings. The summed E-state index contributed by atoms with van der Waals surface area (Å²) in [5.41, 5.74) is 2.81. The van der Waals surface area contributed by atoms with Crippen molar-refractivity contribution in [2.45, 2.75) is 12.8 Å². The predicted octanol–water partition coefficient (Wildman–Crippen LogP) is 3.53. The molecule has 4 nitrogen and oxygen atoms in total. The maximum Gasteiger partial charge on any atom is 0.247 e. The number of methoxy groups -OCH3 is 1. The standard InChI is InChI=1S/C18H17ClN2O2/c1-23-16-7-5-13(6-8-16)11-18(22)21-10-9-17(20-21)14-3-2-4-15(19)12-14/h2-8,12H,9-11H2,1H3. The Balaban J connectivity index is 1.68. The Kier molecular flexibility index (Phi) is 4.63. The molecule has 0 saturated carbocycles. The van der Waals surface area contributed by atoms with Crippen molar-refractivity contribution in [3.8, 4) is 5.75 Å². The second kappa shape index (κ2) is 6.84. The number of halogens is 1. The molecule has 0 atom stereocenters. The molecule has 2 aromatic carbocycles. The van der Waals surface area contributed by atoms with Crippen molar-refractivity contribution in [2.24, 2.45) is 5.10 Å². The van der Waals surface area contributed by atoms with E-state index in [4.69, 9.17) is 16.3 Å². The molecule has 118 valence electrons. The molecule has 0 saturated heterocycles. The summed E-state index contributed by atoms with van der Waals surface area (Å²) in [5.74, 6) is 0.774. The van der Waals surface area contributed by atoms with Gasteiger partial charge in [-0.2, -0.15) is 5.10 Å². The molecule has 1 aliphatic heterocycles. The quantitative estimate of drug-likeness (QED) is 0.861. The Bertz CT molecular complexity index is 741. The van der Waals surface area contributed by atoms with E-state index in [0.717, 1.165) is 29.0 Å². The van der Waals surface area contributed by atoms with Crippen LogP contribution >= 0.6 is 11.6 Å². The van der Waals surface area contributed by atoms with E-state index in [-0.39, 0.29) is 5.91 Å². The zero-order valence-electron chi connectivity index (χ0n) is 12.8. The van der Waals surface area contributed by atoms with Crippen LogP contribution in [-0.2, 0) is 11.2 Å². The Morgan fingerprint density at radius 2 is 2.04 bits per heavy atom. The van der Waals surface area contributed by atoms with Crippen LogP contribution in [-0.4, -0.2) is 30.3 Å². The van der Waals surface area contributed by atoms with Crippen LogP contribution in [0.3, 0.4) is 0 Å². The molecular formula is C18H17ClN2O2. The summed E-state index contributed by atoms with van der Waals surface area (Å²) in [6.07, 6.45) is 1.07. The van der Waals surface area contributed by atoms with Gasteiger partial charge in [-0.1, -0.05) is 35.9 Å². The maximum absolute atomic E-state index is 12.4. The minimum Gasteiger partial charge on any atom is -0.497 e. The Hall–Kier alpha value is -2.33. The first-order chi connectivity index (χ1) is 11.2. The molecule has 0 bridgehead atoms. The van der Waals surface area contributed by atoms with Gasteiger partial charge in [0.15, 0.2) is 0 Å². The van der Waals surface area contributed by atoms with Crippen LogP contribution in [0, 0.1) is 0 Å². The SMILES string of the molecule is COc1ccc(CC(=O)N2CCC(c3cccc(Cl)c3)=N2)cc1. The lowest BCUT2D eigenvalue weighted by atomic mass is 10.1. The summed E-state index contributed by atoms with van der Waals surface area (Å²) in [7, 11) is 1.62. The van der Waals surface area contributed by atoms with E-state index < -0.39 is 0 Å². The van der Waals surface area contributed by atoms with Gasteiger partial charge in [-0.25, -0.2) is 5.01 Å². The fourth-order valence-electron chi connectivity index (χ4n) is 2.52. The molecule has 5 heteroatoms. The third-order valence-corrected chi connectivity index (χ3v) is 4.00. The fraction of sp³-hybridized carbons (Fsp3) is 0.222. The van der Waals surface area contributed by atoms with Gasteiger partial charge in [-0.15, -0.1) is 0 Å². The zero-order valence-corrected chi connectivity index (χ0v) is 13.6. The molecule has 3 rings (SSSR count). The van der Waals surface area contributed by atoms with Gasteiger partial charge in [0.2, 0.25) is 5.91 Å². The largest absolute Gasteiger partial charge is 0.497 e. The first-order valence-corrected chi connectivity index (χ1v) is 7.80. The van der Waals surface area contributed by atoms with Gasteiger partial charge in [-0.05, 0) is 35.4 Å². The van der Waals surface area contributed by atoms with Crippen molar-refractivity contribution < 1.29 is 9.53 Å². The molecule has 1 amide bonds. The van der Waals surface area contributed by atoms with E-state index >= 15 is 0 Å². The van der Waals surface area contributed by atoms with Gasteiger partial charge >= 0.3 is 0 Å². The van der Waals surface area contributed by atoms with E-state index in [1.54, 1.807) is 12.1 Å². The first kappa shape index (κ1) is 15.6. The summed E-state index contributed by atoms with van der Waals surface area (Å²) in [6, 6.07) is 15.1. The number of hydrogen-bond donors (Lipinski definition) is 0. The van der Waals surface area contributed by atoms with E-state index in [1.807, 2.05) is 48.5 Å². The first-order valence-electron chi connectivity index (χ1n) is 7.42. The number of rotatable bonds is 4.